The highest BCUT2D eigenvalue weighted by Gasteiger charge is 2.80. The van der Waals surface area contributed by atoms with Gasteiger partial charge in [0.1, 0.15) is 21.4 Å². The first-order chi connectivity index (χ1) is 16.8. The highest BCUT2D eigenvalue weighted by molar-refractivity contribution is 6.55. The zero-order chi connectivity index (χ0) is 26.6. The fourth-order valence-electron chi connectivity index (χ4n) is 4.33. The molecule has 0 radical (unpaired) electrons. The molecule has 3 aromatic rings. The Morgan fingerprint density at radius 1 is 0.972 bits per heavy atom. The standard InChI is InChI=1S/C25H15Cl5F2N2O2/c1-11(31)12-2-5-20(19(32)8-12)34-22(35)17-9-14(3-4-18(17)28)24(23(33)36)21(25(24,29)30)13-6-15(26)10-16(27)7-13/h2-10,21H,1H2,(H2,33,36)(H,34,35). The summed E-state index contributed by atoms with van der Waals surface area (Å²) in [5, 5.41) is 2.97. The van der Waals surface area contributed by atoms with Crippen molar-refractivity contribution in [1.82, 2.24) is 0 Å². The second-order valence-corrected chi connectivity index (χ2v) is 10.8. The summed E-state index contributed by atoms with van der Waals surface area (Å²) in [6.45, 7) is 3.11. The monoisotopic (exact) mass is 588 g/mol. The number of alkyl halides is 2. The first-order valence-corrected chi connectivity index (χ1v) is 12.1. The van der Waals surface area contributed by atoms with E-state index in [1.54, 1.807) is 12.1 Å². The van der Waals surface area contributed by atoms with Gasteiger partial charge in [-0.3, -0.25) is 9.59 Å². The van der Waals surface area contributed by atoms with E-state index in [2.05, 4.69) is 11.9 Å². The Balaban J connectivity index is 1.75. The fraction of sp³-hybridized carbons (Fsp3) is 0.120. The van der Waals surface area contributed by atoms with Gasteiger partial charge in [-0.05, 0) is 59.7 Å². The van der Waals surface area contributed by atoms with Crippen LogP contribution in [0.2, 0.25) is 15.1 Å². The van der Waals surface area contributed by atoms with Gasteiger partial charge in [0.15, 0.2) is 0 Å². The van der Waals surface area contributed by atoms with Gasteiger partial charge in [-0.15, -0.1) is 0 Å². The molecule has 3 aromatic carbocycles. The number of anilines is 1. The molecule has 2 atom stereocenters. The SMILES string of the molecule is C=C(F)c1ccc(NC(=O)c2cc(C3(C(N)=O)C(c4cc(Cl)cc(Cl)c4)C3(Cl)Cl)ccc2Cl)c(F)c1. The van der Waals surface area contributed by atoms with Crippen LogP contribution in [0.15, 0.2) is 61.2 Å². The quantitative estimate of drug-likeness (QED) is 0.289. The molecule has 0 heterocycles. The predicted octanol–water partition coefficient (Wildman–Crippen LogP) is 7.67. The van der Waals surface area contributed by atoms with E-state index < -0.39 is 39.1 Å². The molecule has 3 N–H and O–H groups in total. The first kappa shape index (κ1) is 26.7. The largest absolute Gasteiger partial charge is 0.369 e. The van der Waals surface area contributed by atoms with E-state index in [0.29, 0.717) is 15.6 Å². The van der Waals surface area contributed by atoms with Gasteiger partial charge >= 0.3 is 0 Å². The normalized spacial score (nSPS) is 20.0. The van der Waals surface area contributed by atoms with E-state index in [1.165, 1.54) is 36.4 Å². The van der Waals surface area contributed by atoms with Gasteiger partial charge in [0.25, 0.3) is 5.91 Å². The van der Waals surface area contributed by atoms with Gasteiger partial charge in [-0.2, -0.15) is 0 Å². The minimum absolute atomic E-state index is 0.00257. The van der Waals surface area contributed by atoms with E-state index in [-0.39, 0.29) is 27.4 Å². The number of carbonyl (C=O) groups excluding carboxylic acids is 2. The summed E-state index contributed by atoms with van der Waals surface area (Å²) < 4.78 is 26.0. The van der Waals surface area contributed by atoms with Crippen molar-refractivity contribution in [3.05, 3.63) is 104 Å². The summed E-state index contributed by atoms with van der Waals surface area (Å²) in [4.78, 5) is 25.8. The smallest absolute Gasteiger partial charge is 0.257 e. The van der Waals surface area contributed by atoms with Gasteiger partial charge in [0, 0.05) is 21.5 Å². The van der Waals surface area contributed by atoms with Crippen molar-refractivity contribution < 1.29 is 18.4 Å². The predicted molar refractivity (Wildman–Crippen MR) is 140 cm³/mol. The topological polar surface area (TPSA) is 72.2 Å². The molecule has 36 heavy (non-hydrogen) atoms. The van der Waals surface area contributed by atoms with Crippen molar-refractivity contribution in [2.75, 3.05) is 5.32 Å². The molecule has 4 nitrogen and oxygen atoms in total. The van der Waals surface area contributed by atoms with E-state index >= 15 is 0 Å². The highest BCUT2D eigenvalue weighted by Crippen LogP contribution is 2.74. The van der Waals surface area contributed by atoms with E-state index in [0.717, 1.165) is 6.07 Å². The first-order valence-electron chi connectivity index (χ1n) is 10.2. The van der Waals surface area contributed by atoms with Crippen LogP contribution in [-0.4, -0.2) is 16.1 Å². The number of carbonyl (C=O) groups is 2. The number of benzene rings is 3. The highest BCUT2D eigenvalue weighted by atomic mass is 35.5. The Morgan fingerprint density at radius 3 is 2.17 bits per heavy atom. The molecule has 1 fully saturated rings. The summed E-state index contributed by atoms with van der Waals surface area (Å²) in [5.41, 5.74) is 4.41. The minimum atomic E-state index is -1.70. The molecule has 186 valence electrons. The number of nitrogens with two attached hydrogens (primary N) is 1. The average molecular weight is 591 g/mol. The van der Waals surface area contributed by atoms with E-state index in [1.807, 2.05) is 0 Å². The summed E-state index contributed by atoms with van der Waals surface area (Å²) in [7, 11) is 0. The van der Waals surface area contributed by atoms with Crippen LogP contribution in [0.5, 0.6) is 0 Å². The lowest BCUT2D eigenvalue weighted by Gasteiger charge is -2.17. The number of amides is 2. The number of hydrogen-bond acceptors (Lipinski definition) is 2. The summed E-state index contributed by atoms with van der Waals surface area (Å²) in [5.74, 6) is -4.22. The van der Waals surface area contributed by atoms with Crippen molar-refractivity contribution >= 4 is 81.3 Å². The van der Waals surface area contributed by atoms with Crippen molar-refractivity contribution in [2.45, 2.75) is 15.7 Å². The molecule has 2 unspecified atom stereocenters. The molecule has 11 heteroatoms. The average Bonchev–Trinajstić information content (AvgIpc) is 3.31. The Labute approximate surface area is 229 Å². The third-order valence-corrected chi connectivity index (χ3v) is 7.84. The van der Waals surface area contributed by atoms with Gasteiger partial charge in [-0.1, -0.05) is 70.7 Å². The molecule has 1 aliphatic rings. The molecule has 1 saturated carbocycles. The lowest BCUT2D eigenvalue weighted by molar-refractivity contribution is -0.120. The van der Waals surface area contributed by atoms with Crippen LogP contribution in [0.4, 0.5) is 14.5 Å². The van der Waals surface area contributed by atoms with Crippen LogP contribution in [0.3, 0.4) is 0 Å². The number of halogens is 7. The van der Waals surface area contributed by atoms with Gasteiger partial charge in [0.05, 0.1) is 16.3 Å². The second kappa shape index (κ2) is 9.51. The lowest BCUT2D eigenvalue weighted by Crippen LogP contribution is -2.34. The van der Waals surface area contributed by atoms with Crippen LogP contribution in [0.1, 0.15) is 33.0 Å². The molecule has 4 rings (SSSR count). The summed E-state index contributed by atoms with van der Waals surface area (Å²) in [6, 6.07) is 12.1. The molecule has 0 bridgehead atoms. The third-order valence-electron chi connectivity index (χ3n) is 6.04. The van der Waals surface area contributed by atoms with Crippen molar-refractivity contribution in [3.8, 4) is 0 Å². The zero-order valence-electron chi connectivity index (χ0n) is 18.0. The second-order valence-electron chi connectivity index (χ2n) is 8.18. The summed E-state index contributed by atoms with van der Waals surface area (Å²) in [6.07, 6.45) is 0. The van der Waals surface area contributed by atoms with Crippen molar-refractivity contribution in [3.63, 3.8) is 0 Å². The third kappa shape index (κ3) is 4.35. The van der Waals surface area contributed by atoms with Crippen molar-refractivity contribution in [2.24, 2.45) is 5.73 Å². The Morgan fingerprint density at radius 2 is 1.61 bits per heavy atom. The zero-order valence-corrected chi connectivity index (χ0v) is 21.8. The van der Waals surface area contributed by atoms with Crippen LogP contribution in [0, 0.1) is 5.82 Å². The number of rotatable bonds is 6. The minimum Gasteiger partial charge on any atom is -0.369 e. The number of primary amides is 1. The Bertz CT molecular complexity index is 1430. The maximum Gasteiger partial charge on any atom is 0.257 e. The molecule has 2 amide bonds. The van der Waals surface area contributed by atoms with Gasteiger partial charge in [0.2, 0.25) is 5.91 Å². The molecule has 0 aliphatic heterocycles. The van der Waals surface area contributed by atoms with Crippen LogP contribution < -0.4 is 11.1 Å². The number of hydrogen-bond donors (Lipinski definition) is 2. The van der Waals surface area contributed by atoms with E-state index in [9.17, 15) is 18.4 Å². The molecular weight excluding hydrogens is 576 g/mol. The van der Waals surface area contributed by atoms with Gasteiger partial charge in [-0.25, -0.2) is 8.78 Å². The van der Waals surface area contributed by atoms with Crippen LogP contribution in [0.25, 0.3) is 5.83 Å². The number of nitrogens with one attached hydrogen (secondary N) is 1. The lowest BCUT2D eigenvalue weighted by atomic mass is 9.88. The maximum atomic E-state index is 14.4. The van der Waals surface area contributed by atoms with Crippen molar-refractivity contribution in [1.29, 1.82) is 0 Å². The van der Waals surface area contributed by atoms with E-state index in [4.69, 9.17) is 63.7 Å². The molecule has 0 spiro atoms. The maximum absolute atomic E-state index is 14.4. The summed E-state index contributed by atoms with van der Waals surface area (Å²) >= 11 is 31.7. The Kier molecular flexibility index (Phi) is 7.05. The molecule has 1 aliphatic carbocycles. The molecular formula is C25H15Cl5F2N2O2. The van der Waals surface area contributed by atoms with Crippen LogP contribution in [-0.2, 0) is 10.2 Å². The Hall–Kier alpha value is -2.35. The van der Waals surface area contributed by atoms with Gasteiger partial charge < -0.3 is 11.1 Å². The molecule has 0 saturated heterocycles. The van der Waals surface area contributed by atoms with Crippen LogP contribution >= 0.6 is 58.0 Å². The fourth-order valence-corrected chi connectivity index (χ4v) is 6.17. The molecule has 0 aromatic heterocycles.